The lowest BCUT2D eigenvalue weighted by molar-refractivity contribution is -0.137. The van der Waals surface area contributed by atoms with Crippen molar-refractivity contribution in [1.29, 1.82) is 5.41 Å². The number of anilines is 2. The molecule has 8 heteroatoms. The molecule has 0 aromatic heterocycles. The van der Waals surface area contributed by atoms with Crippen LogP contribution in [0, 0.1) is 11.2 Å². The summed E-state index contributed by atoms with van der Waals surface area (Å²) < 4.78 is 52.0. The average Bonchev–Trinajstić information content (AvgIpc) is 2.56. The number of guanidine groups is 1. The van der Waals surface area contributed by atoms with E-state index in [-0.39, 0.29) is 18.4 Å². The molecule has 0 spiro atoms. The van der Waals surface area contributed by atoms with E-state index in [2.05, 4.69) is 10.6 Å². The largest absolute Gasteiger partial charge is 0.416 e. The molecule has 0 saturated carbocycles. The van der Waals surface area contributed by atoms with Crippen LogP contribution in [0.3, 0.4) is 0 Å². The molecule has 0 fully saturated rings. The lowest BCUT2D eigenvalue weighted by atomic mass is 10.1. The Hall–Kier alpha value is -2.80. The van der Waals surface area contributed by atoms with Crippen LogP contribution in [0.5, 0.6) is 0 Å². The van der Waals surface area contributed by atoms with E-state index in [0.717, 1.165) is 16.8 Å². The summed E-state index contributed by atoms with van der Waals surface area (Å²) in [6.45, 7) is 0. The van der Waals surface area contributed by atoms with Crippen LogP contribution < -0.4 is 10.6 Å². The lowest BCUT2D eigenvalue weighted by Gasteiger charge is -2.14. The van der Waals surface area contributed by atoms with Gasteiger partial charge in [0.05, 0.1) is 11.3 Å². The molecule has 3 nitrogen and oxygen atoms in total. The van der Waals surface area contributed by atoms with E-state index in [9.17, 15) is 17.6 Å². The predicted octanol–water partition coefficient (Wildman–Crippen LogP) is 5.88. The Morgan fingerprint density at radius 1 is 0.846 bits per heavy atom. The number of fused-ring (bicyclic) bond motifs is 1. The molecule has 3 N–H and O–H groups in total. The van der Waals surface area contributed by atoms with Gasteiger partial charge in [-0.15, -0.1) is 12.4 Å². The Morgan fingerprint density at radius 2 is 1.50 bits per heavy atom. The van der Waals surface area contributed by atoms with E-state index in [4.69, 9.17) is 5.41 Å². The highest BCUT2D eigenvalue weighted by Crippen LogP contribution is 2.32. The second-order valence-corrected chi connectivity index (χ2v) is 5.34. The first-order chi connectivity index (χ1) is 11.8. The Labute approximate surface area is 153 Å². The number of hydrogen-bond donors (Lipinski definition) is 3. The van der Waals surface area contributed by atoms with E-state index in [0.29, 0.717) is 17.8 Å². The summed E-state index contributed by atoms with van der Waals surface area (Å²) in [6, 6.07) is 14.8. The maximum atomic E-state index is 13.8. The van der Waals surface area contributed by atoms with E-state index < -0.39 is 23.2 Å². The number of halogens is 5. The van der Waals surface area contributed by atoms with Gasteiger partial charge in [-0.2, -0.15) is 13.2 Å². The van der Waals surface area contributed by atoms with E-state index >= 15 is 0 Å². The normalized spacial score (nSPS) is 10.9. The molecule has 0 heterocycles. The summed E-state index contributed by atoms with van der Waals surface area (Å²) in [5.74, 6) is -1.22. The molecular formula is C18H14ClF4N3. The number of hydrogen-bond acceptors (Lipinski definition) is 1. The minimum absolute atomic E-state index is 0. The van der Waals surface area contributed by atoms with Crippen LogP contribution >= 0.6 is 12.4 Å². The first-order valence-electron chi connectivity index (χ1n) is 7.32. The van der Waals surface area contributed by atoms with Crippen molar-refractivity contribution in [2.75, 3.05) is 10.6 Å². The van der Waals surface area contributed by atoms with Crippen molar-refractivity contribution in [3.8, 4) is 0 Å². The van der Waals surface area contributed by atoms with Crippen LogP contribution in [0.15, 0.2) is 60.7 Å². The number of rotatable bonds is 2. The van der Waals surface area contributed by atoms with E-state index in [1.165, 1.54) is 0 Å². The first kappa shape index (κ1) is 19.5. The average molecular weight is 384 g/mol. The van der Waals surface area contributed by atoms with Crippen LogP contribution in [0.1, 0.15) is 5.56 Å². The summed E-state index contributed by atoms with van der Waals surface area (Å²) in [7, 11) is 0. The Balaban J connectivity index is 0.00000243. The second-order valence-electron chi connectivity index (χ2n) is 5.34. The van der Waals surface area contributed by atoms with Crippen LogP contribution in [0.25, 0.3) is 10.8 Å². The fourth-order valence-electron chi connectivity index (χ4n) is 2.43. The molecule has 0 bridgehead atoms. The molecule has 3 aromatic carbocycles. The molecule has 3 rings (SSSR count). The van der Waals surface area contributed by atoms with E-state index in [1.807, 2.05) is 30.3 Å². The Bertz CT molecular complexity index is 936. The lowest BCUT2D eigenvalue weighted by Crippen LogP contribution is -2.21. The predicted molar refractivity (Wildman–Crippen MR) is 97.6 cm³/mol. The molecule has 0 amide bonds. The van der Waals surface area contributed by atoms with Crippen molar-refractivity contribution in [3.05, 3.63) is 72.0 Å². The number of benzene rings is 3. The fourth-order valence-corrected chi connectivity index (χ4v) is 2.43. The SMILES string of the molecule is Cl.N=C(Nc1cc(C(F)(F)F)ccc1F)Nc1cccc2ccccc12. The van der Waals surface area contributed by atoms with Crippen molar-refractivity contribution in [1.82, 2.24) is 0 Å². The zero-order chi connectivity index (χ0) is 18.0. The fraction of sp³-hybridized carbons (Fsp3) is 0.0556. The number of alkyl halides is 3. The maximum absolute atomic E-state index is 13.8. The second kappa shape index (κ2) is 7.61. The van der Waals surface area contributed by atoms with Gasteiger partial charge in [-0.1, -0.05) is 36.4 Å². The molecule has 136 valence electrons. The van der Waals surface area contributed by atoms with Gasteiger partial charge >= 0.3 is 6.18 Å². The Morgan fingerprint density at radius 3 is 2.23 bits per heavy atom. The standard InChI is InChI=1S/C18H13F4N3.ClH/c19-14-9-8-12(18(20,21)22)10-16(14)25-17(23)24-15-7-3-5-11-4-1-2-6-13(11)15;/h1-10H,(H3,23,24,25);1H. The van der Waals surface area contributed by atoms with Crippen molar-refractivity contribution in [2.45, 2.75) is 6.18 Å². The van der Waals surface area contributed by atoms with Crippen molar-refractivity contribution < 1.29 is 17.6 Å². The minimum atomic E-state index is -4.59. The topological polar surface area (TPSA) is 47.9 Å². The van der Waals surface area contributed by atoms with Gasteiger partial charge in [-0.25, -0.2) is 4.39 Å². The molecule has 0 radical (unpaired) electrons. The van der Waals surface area contributed by atoms with Crippen LogP contribution in [-0.4, -0.2) is 5.96 Å². The third-order valence-electron chi connectivity index (χ3n) is 3.60. The highest BCUT2D eigenvalue weighted by atomic mass is 35.5. The summed E-state index contributed by atoms with van der Waals surface area (Å²) in [4.78, 5) is 0. The third-order valence-corrected chi connectivity index (χ3v) is 3.60. The summed E-state index contributed by atoms with van der Waals surface area (Å²) in [6.07, 6.45) is -4.59. The zero-order valence-corrected chi connectivity index (χ0v) is 14.0. The van der Waals surface area contributed by atoms with Gasteiger partial charge in [0.2, 0.25) is 0 Å². The van der Waals surface area contributed by atoms with Crippen LogP contribution in [0.4, 0.5) is 28.9 Å². The van der Waals surface area contributed by atoms with Gasteiger partial charge in [0, 0.05) is 11.1 Å². The van der Waals surface area contributed by atoms with Crippen molar-refractivity contribution in [3.63, 3.8) is 0 Å². The molecule has 3 aromatic rings. The monoisotopic (exact) mass is 383 g/mol. The molecule has 26 heavy (non-hydrogen) atoms. The summed E-state index contributed by atoms with van der Waals surface area (Å²) in [5, 5.41) is 14.7. The van der Waals surface area contributed by atoms with Gasteiger partial charge in [0.1, 0.15) is 5.82 Å². The third kappa shape index (κ3) is 4.23. The van der Waals surface area contributed by atoms with Gasteiger partial charge in [-0.3, -0.25) is 5.41 Å². The molecule has 0 aliphatic heterocycles. The zero-order valence-electron chi connectivity index (χ0n) is 13.2. The summed E-state index contributed by atoms with van der Waals surface area (Å²) >= 11 is 0. The molecule has 0 unspecified atom stereocenters. The number of nitrogens with one attached hydrogen (secondary N) is 3. The van der Waals surface area contributed by atoms with Gasteiger partial charge in [0.15, 0.2) is 5.96 Å². The Kier molecular flexibility index (Phi) is 5.72. The van der Waals surface area contributed by atoms with Gasteiger partial charge in [-0.05, 0) is 29.7 Å². The van der Waals surface area contributed by atoms with E-state index in [1.54, 1.807) is 12.1 Å². The molecule has 0 aliphatic carbocycles. The van der Waals surface area contributed by atoms with Crippen LogP contribution in [0.2, 0.25) is 0 Å². The molecular weight excluding hydrogens is 370 g/mol. The smallest absolute Gasteiger partial charge is 0.326 e. The quantitative estimate of drug-likeness (QED) is 0.294. The van der Waals surface area contributed by atoms with Gasteiger partial charge in [0.25, 0.3) is 0 Å². The summed E-state index contributed by atoms with van der Waals surface area (Å²) in [5.41, 5.74) is -0.829. The highest BCUT2D eigenvalue weighted by Gasteiger charge is 2.31. The van der Waals surface area contributed by atoms with Crippen molar-refractivity contribution >= 4 is 40.5 Å². The minimum Gasteiger partial charge on any atom is -0.326 e. The van der Waals surface area contributed by atoms with Gasteiger partial charge < -0.3 is 10.6 Å². The van der Waals surface area contributed by atoms with Crippen molar-refractivity contribution in [2.24, 2.45) is 0 Å². The molecule has 0 atom stereocenters. The molecule has 0 aliphatic rings. The first-order valence-corrected chi connectivity index (χ1v) is 7.32. The maximum Gasteiger partial charge on any atom is 0.416 e. The molecule has 0 saturated heterocycles. The highest BCUT2D eigenvalue weighted by molar-refractivity contribution is 6.07. The van der Waals surface area contributed by atoms with Crippen LogP contribution in [-0.2, 0) is 6.18 Å².